The van der Waals surface area contributed by atoms with E-state index in [1.807, 2.05) is 0 Å². The molecule has 2 aromatic rings. The van der Waals surface area contributed by atoms with Crippen LogP contribution in [0, 0.1) is 5.82 Å². The second-order valence-electron chi connectivity index (χ2n) is 5.62. The highest BCUT2D eigenvalue weighted by Gasteiger charge is 2.36. The van der Waals surface area contributed by atoms with Gasteiger partial charge >= 0.3 is 0 Å². The maximum atomic E-state index is 12.9. The minimum Gasteiger partial charge on any atom is -0.340 e. The lowest BCUT2D eigenvalue weighted by Crippen LogP contribution is -2.40. The topological polar surface area (TPSA) is 57.7 Å². The first kappa shape index (κ1) is 15.9. The average molecular weight is 326 g/mol. The van der Waals surface area contributed by atoms with Gasteiger partial charge in [-0.05, 0) is 29.8 Å². The number of imide groups is 1. The van der Waals surface area contributed by atoms with Crippen LogP contribution < -0.4 is 0 Å². The van der Waals surface area contributed by atoms with Gasteiger partial charge in [-0.1, -0.05) is 24.3 Å². The Labute approximate surface area is 138 Å². The lowest BCUT2D eigenvalue weighted by Gasteiger charge is -2.20. The predicted molar refractivity (Wildman–Crippen MR) is 84.7 cm³/mol. The molecule has 3 rings (SSSR count). The van der Waals surface area contributed by atoms with E-state index in [1.165, 1.54) is 17.0 Å². The summed E-state index contributed by atoms with van der Waals surface area (Å²) < 4.78 is 12.9. The standard InChI is InChI=1S/C18H15FN2O3/c1-20(10-12-6-8-13(19)9-7-12)16(22)11-21-17(23)14-4-2-3-5-15(14)18(21)24/h2-9H,10-11H2,1H3. The minimum atomic E-state index is -0.459. The Morgan fingerprint density at radius 3 is 2.08 bits per heavy atom. The van der Waals surface area contributed by atoms with Gasteiger partial charge in [0.15, 0.2) is 0 Å². The van der Waals surface area contributed by atoms with E-state index in [-0.39, 0.29) is 24.8 Å². The summed E-state index contributed by atoms with van der Waals surface area (Å²) >= 11 is 0. The number of likely N-dealkylation sites (N-methyl/N-ethyl adjacent to an activating group) is 1. The van der Waals surface area contributed by atoms with Gasteiger partial charge in [-0.15, -0.1) is 0 Å². The van der Waals surface area contributed by atoms with E-state index >= 15 is 0 Å². The third-order valence-electron chi connectivity index (χ3n) is 3.93. The normalized spacial score (nSPS) is 13.2. The third-order valence-corrected chi connectivity index (χ3v) is 3.93. The summed E-state index contributed by atoms with van der Waals surface area (Å²) in [6, 6.07) is 12.3. The van der Waals surface area contributed by atoms with Gasteiger partial charge < -0.3 is 4.90 Å². The zero-order valence-electron chi connectivity index (χ0n) is 13.0. The molecular weight excluding hydrogens is 311 g/mol. The quantitative estimate of drug-likeness (QED) is 0.808. The number of nitrogens with zero attached hydrogens (tertiary/aromatic N) is 2. The van der Waals surface area contributed by atoms with Crippen molar-refractivity contribution in [2.24, 2.45) is 0 Å². The van der Waals surface area contributed by atoms with Crippen LogP contribution in [0.25, 0.3) is 0 Å². The Hall–Kier alpha value is -3.02. The zero-order chi connectivity index (χ0) is 17.3. The van der Waals surface area contributed by atoms with Gasteiger partial charge in [-0.2, -0.15) is 0 Å². The second kappa shape index (κ2) is 6.23. The molecule has 0 unspecified atom stereocenters. The van der Waals surface area contributed by atoms with E-state index in [0.717, 1.165) is 10.5 Å². The van der Waals surface area contributed by atoms with Crippen molar-refractivity contribution in [2.75, 3.05) is 13.6 Å². The first-order valence-corrected chi connectivity index (χ1v) is 7.41. The van der Waals surface area contributed by atoms with Crippen LogP contribution in [0.2, 0.25) is 0 Å². The van der Waals surface area contributed by atoms with E-state index in [4.69, 9.17) is 0 Å². The lowest BCUT2D eigenvalue weighted by atomic mass is 10.1. The number of hydrogen-bond acceptors (Lipinski definition) is 3. The summed E-state index contributed by atoms with van der Waals surface area (Å²) in [4.78, 5) is 39.2. The van der Waals surface area contributed by atoms with Gasteiger partial charge in [0.25, 0.3) is 11.8 Å². The van der Waals surface area contributed by atoms with Gasteiger partial charge in [0, 0.05) is 13.6 Å². The summed E-state index contributed by atoms with van der Waals surface area (Å²) in [5.74, 6) is -1.63. The van der Waals surface area contributed by atoms with Crippen LogP contribution in [0.5, 0.6) is 0 Å². The number of rotatable bonds is 4. The summed E-state index contributed by atoms with van der Waals surface area (Å²) in [6.45, 7) is -0.0493. The SMILES string of the molecule is CN(Cc1ccc(F)cc1)C(=O)CN1C(=O)c2ccccc2C1=O. The smallest absolute Gasteiger partial charge is 0.262 e. The molecule has 1 aliphatic rings. The minimum absolute atomic E-state index is 0.266. The Morgan fingerprint density at radius 1 is 1.00 bits per heavy atom. The van der Waals surface area contributed by atoms with E-state index in [2.05, 4.69) is 0 Å². The van der Waals surface area contributed by atoms with Crippen molar-refractivity contribution >= 4 is 17.7 Å². The van der Waals surface area contributed by atoms with Crippen LogP contribution >= 0.6 is 0 Å². The third kappa shape index (κ3) is 2.90. The van der Waals surface area contributed by atoms with Crippen molar-refractivity contribution in [1.82, 2.24) is 9.80 Å². The van der Waals surface area contributed by atoms with Crippen molar-refractivity contribution in [1.29, 1.82) is 0 Å². The number of amides is 3. The van der Waals surface area contributed by atoms with Gasteiger partial charge in [-0.25, -0.2) is 4.39 Å². The Bertz CT molecular complexity index is 782. The molecule has 0 aromatic heterocycles. The van der Waals surface area contributed by atoms with Crippen LogP contribution in [0.1, 0.15) is 26.3 Å². The number of carbonyl (C=O) groups excluding carboxylic acids is 3. The van der Waals surface area contributed by atoms with E-state index in [9.17, 15) is 18.8 Å². The molecule has 1 heterocycles. The van der Waals surface area contributed by atoms with Gasteiger partial charge in [0.1, 0.15) is 12.4 Å². The molecular formula is C18H15FN2O3. The van der Waals surface area contributed by atoms with Crippen LogP contribution in [0.3, 0.4) is 0 Å². The molecule has 0 bridgehead atoms. The predicted octanol–water partition coefficient (Wildman–Crippen LogP) is 2.08. The fraction of sp³-hybridized carbons (Fsp3) is 0.167. The van der Waals surface area contributed by atoms with E-state index < -0.39 is 11.8 Å². The molecule has 3 amide bonds. The highest BCUT2D eigenvalue weighted by atomic mass is 19.1. The highest BCUT2D eigenvalue weighted by molar-refractivity contribution is 6.22. The summed E-state index contributed by atoms with van der Waals surface area (Å²) in [7, 11) is 1.57. The van der Waals surface area contributed by atoms with Crippen LogP contribution in [0.15, 0.2) is 48.5 Å². The van der Waals surface area contributed by atoms with Crippen molar-refractivity contribution in [3.05, 3.63) is 71.0 Å². The van der Waals surface area contributed by atoms with E-state index in [1.54, 1.807) is 43.4 Å². The number of benzene rings is 2. The number of carbonyl (C=O) groups is 3. The molecule has 122 valence electrons. The first-order valence-electron chi connectivity index (χ1n) is 7.41. The molecule has 0 N–H and O–H groups in total. The largest absolute Gasteiger partial charge is 0.340 e. The highest BCUT2D eigenvalue weighted by Crippen LogP contribution is 2.22. The fourth-order valence-corrected chi connectivity index (χ4v) is 2.59. The second-order valence-corrected chi connectivity index (χ2v) is 5.62. The Morgan fingerprint density at radius 2 is 1.54 bits per heavy atom. The first-order chi connectivity index (χ1) is 11.5. The van der Waals surface area contributed by atoms with Gasteiger partial charge in [0.2, 0.25) is 5.91 Å². The van der Waals surface area contributed by atoms with Crippen LogP contribution in [-0.4, -0.2) is 41.1 Å². The molecule has 1 aliphatic heterocycles. The molecule has 0 saturated heterocycles. The van der Waals surface area contributed by atoms with E-state index in [0.29, 0.717) is 11.1 Å². The summed E-state index contributed by atoms with van der Waals surface area (Å²) in [6.07, 6.45) is 0. The lowest BCUT2D eigenvalue weighted by molar-refractivity contribution is -0.130. The van der Waals surface area contributed by atoms with Crippen LogP contribution in [-0.2, 0) is 11.3 Å². The number of halogens is 1. The molecule has 0 radical (unpaired) electrons. The Balaban J connectivity index is 1.68. The molecule has 2 aromatic carbocycles. The van der Waals surface area contributed by atoms with Gasteiger partial charge in [0.05, 0.1) is 11.1 Å². The molecule has 5 nitrogen and oxygen atoms in total. The summed E-state index contributed by atoms with van der Waals surface area (Å²) in [5.41, 5.74) is 1.39. The summed E-state index contributed by atoms with van der Waals surface area (Å²) in [5, 5.41) is 0. The van der Waals surface area contributed by atoms with Crippen molar-refractivity contribution in [3.63, 3.8) is 0 Å². The Kier molecular flexibility index (Phi) is 4.12. The molecule has 0 atom stereocenters. The van der Waals surface area contributed by atoms with Crippen LogP contribution in [0.4, 0.5) is 4.39 Å². The molecule has 0 spiro atoms. The molecule has 0 fully saturated rings. The number of fused-ring (bicyclic) bond motifs is 1. The molecule has 0 aliphatic carbocycles. The zero-order valence-corrected chi connectivity index (χ0v) is 13.0. The number of hydrogen-bond donors (Lipinski definition) is 0. The average Bonchev–Trinajstić information content (AvgIpc) is 2.82. The maximum absolute atomic E-state index is 12.9. The molecule has 6 heteroatoms. The van der Waals surface area contributed by atoms with Crippen molar-refractivity contribution < 1.29 is 18.8 Å². The van der Waals surface area contributed by atoms with Gasteiger partial charge in [-0.3, -0.25) is 19.3 Å². The molecule has 0 saturated carbocycles. The molecule has 24 heavy (non-hydrogen) atoms. The fourth-order valence-electron chi connectivity index (χ4n) is 2.59. The monoisotopic (exact) mass is 326 g/mol. The van der Waals surface area contributed by atoms with Crippen molar-refractivity contribution in [3.8, 4) is 0 Å². The maximum Gasteiger partial charge on any atom is 0.262 e. The van der Waals surface area contributed by atoms with Crippen molar-refractivity contribution in [2.45, 2.75) is 6.54 Å².